The van der Waals surface area contributed by atoms with Gasteiger partial charge >= 0.3 is 14.5 Å². The number of carbonyl (C=O) groups is 1. The van der Waals surface area contributed by atoms with E-state index in [1.807, 2.05) is 0 Å². The van der Waals surface area contributed by atoms with E-state index in [-0.39, 0.29) is 18.3 Å². The number of carbonyl (C=O) groups excluding carboxylic acids is 1. The predicted molar refractivity (Wildman–Crippen MR) is 106 cm³/mol. The van der Waals surface area contributed by atoms with Gasteiger partial charge in [0.1, 0.15) is 6.61 Å². The molecule has 0 fully saturated rings. The van der Waals surface area contributed by atoms with E-state index in [1.54, 1.807) is 6.92 Å². The summed E-state index contributed by atoms with van der Waals surface area (Å²) in [7, 11) is -6.05. The molecule has 0 rings (SSSR count). The van der Waals surface area contributed by atoms with Gasteiger partial charge in [0.25, 0.3) is 0 Å². The Morgan fingerprint density at radius 3 is 1.75 bits per heavy atom. The molecular weight excluding hydrogens is 356 g/mol. The summed E-state index contributed by atoms with van der Waals surface area (Å²) in [5.41, 5.74) is 0.310. The van der Waals surface area contributed by atoms with Crippen molar-refractivity contribution in [1.29, 1.82) is 0 Å². The maximum Gasteiger partial charge on any atom is 0.344 e. The lowest BCUT2D eigenvalue weighted by molar-refractivity contribution is -0.140. The molecule has 1 atom stereocenters. The molecule has 1 unspecified atom stereocenters. The van der Waals surface area contributed by atoms with Gasteiger partial charge in [-0.15, -0.1) is 0 Å². The summed E-state index contributed by atoms with van der Waals surface area (Å²) >= 11 is 0. The van der Waals surface area contributed by atoms with Gasteiger partial charge < -0.3 is 17.7 Å². The topological polar surface area (TPSA) is 54.0 Å². The minimum atomic E-state index is -2.51. The van der Waals surface area contributed by atoms with E-state index in [2.05, 4.69) is 59.3 Å². The summed E-state index contributed by atoms with van der Waals surface area (Å²) in [6.07, 6.45) is 0.812. The summed E-state index contributed by atoms with van der Waals surface area (Å²) in [5.74, 6) is -0.386. The largest absolute Gasteiger partial charge is 0.460 e. The third-order valence-corrected chi connectivity index (χ3v) is 12.8. The van der Waals surface area contributed by atoms with Crippen LogP contribution in [0.1, 0.15) is 20.3 Å². The summed E-state index contributed by atoms with van der Waals surface area (Å²) in [6.45, 7) is 23.0. The number of hydrogen-bond donors (Lipinski definition) is 0. The van der Waals surface area contributed by atoms with E-state index in [9.17, 15) is 4.79 Å². The summed E-state index contributed by atoms with van der Waals surface area (Å²) in [5, 5.41) is 0. The van der Waals surface area contributed by atoms with Crippen LogP contribution in [0, 0.1) is 0 Å². The smallest absolute Gasteiger partial charge is 0.344 e. The van der Waals surface area contributed by atoms with Gasteiger partial charge in [0.05, 0.1) is 12.3 Å². The van der Waals surface area contributed by atoms with Crippen LogP contribution in [-0.4, -0.2) is 50.1 Å². The molecule has 0 aliphatic heterocycles. The number of rotatable bonds is 11. The van der Waals surface area contributed by atoms with Crippen molar-refractivity contribution in [3.8, 4) is 0 Å². The van der Waals surface area contributed by atoms with Gasteiger partial charge in [-0.3, -0.25) is 0 Å². The highest BCUT2D eigenvalue weighted by atomic mass is 28.5. The Morgan fingerprint density at radius 2 is 1.42 bits per heavy atom. The monoisotopic (exact) mass is 392 g/mol. The van der Waals surface area contributed by atoms with E-state index >= 15 is 0 Å². The highest BCUT2D eigenvalue weighted by Crippen LogP contribution is 2.26. The zero-order valence-electron chi connectivity index (χ0n) is 16.9. The molecule has 0 saturated heterocycles. The Balaban J connectivity index is 4.93. The van der Waals surface area contributed by atoms with Gasteiger partial charge in [0.15, 0.2) is 16.6 Å². The van der Waals surface area contributed by atoms with Gasteiger partial charge in [-0.05, 0) is 59.2 Å². The molecule has 142 valence electrons. The van der Waals surface area contributed by atoms with Crippen molar-refractivity contribution in [2.45, 2.75) is 71.8 Å². The molecule has 24 heavy (non-hydrogen) atoms. The van der Waals surface area contributed by atoms with Gasteiger partial charge in [0.2, 0.25) is 0 Å². The molecule has 0 aromatic carbocycles. The molecule has 0 aromatic heterocycles. The van der Waals surface area contributed by atoms with Crippen molar-refractivity contribution < 1.29 is 22.5 Å². The molecule has 8 heteroatoms. The van der Waals surface area contributed by atoms with E-state index in [0.29, 0.717) is 12.2 Å². The molecule has 0 aliphatic carbocycles. The third kappa shape index (κ3) is 9.90. The summed E-state index contributed by atoms with van der Waals surface area (Å²) in [6, 6.07) is 0. The first kappa shape index (κ1) is 23.7. The van der Waals surface area contributed by atoms with Crippen LogP contribution in [0.25, 0.3) is 0 Å². The Kier molecular flexibility index (Phi) is 9.34. The van der Waals surface area contributed by atoms with Crippen LogP contribution in [0.2, 0.25) is 45.8 Å². The van der Waals surface area contributed by atoms with Crippen LogP contribution in [0.15, 0.2) is 12.2 Å². The van der Waals surface area contributed by atoms with E-state index in [4.69, 9.17) is 17.7 Å². The second-order valence-corrected chi connectivity index (χ2v) is 20.9. The molecule has 5 nitrogen and oxygen atoms in total. The fraction of sp³-hybridized carbons (Fsp3) is 0.812. The molecule has 0 aromatic rings. The van der Waals surface area contributed by atoms with Crippen LogP contribution in [0.3, 0.4) is 0 Å². The molecule has 0 aliphatic rings. The molecule has 0 saturated carbocycles. The average molecular weight is 393 g/mol. The number of esters is 1. The predicted octanol–water partition coefficient (Wildman–Crippen LogP) is 4.22. The van der Waals surface area contributed by atoms with Crippen molar-refractivity contribution in [3.63, 3.8) is 0 Å². The van der Waals surface area contributed by atoms with Crippen molar-refractivity contribution in [3.05, 3.63) is 12.2 Å². The molecule has 0 N–H and O–H groups in total. The minimum absolute atomic E-state index is 0.0838. The molecule has 0 heterocycles. The minimum Gasteiger partial charge on any atom is -0.460 e. The number of ether oxygens (including phenoxy) is 2. The lowest BCUT2D eigenvalue weighted by atomic mass is 10.4. The normalized spacial score (nSPS) is 14.4. The maximum absolute atomic E-state index is 11.4. The second kappa shape index (κ2) is 9.44. The van der Waals surface area contributed by atoms with Gasteiger partial charge in [-0.2, -0.15) is 0 Å². The highest BCUT2D eigenvalue weighted by Gasteiger charge is 2.47. The van der Waals surface area contributed by atoms with Gasteiger partial charge in [-0.25, -0.2) is 4.79 Å². The van der Waals surface area contributed by atoms with Gasteiger partial charge in [-0.1, -0.05) is 13.5 Å². The fourth-order valence-electron chi connectivity index (χ4n) is 2.46. The second-order valence-electron chi connectivity index (χ2n) is 8.13. The van der Waals surface area contributed by atoms with Crippen molar-refractivity contribution in [2.24, 2.45) is 0 Å². The van der Waals surface area contributed by atoms with Crippen LogP contribution >= 0.6 is 0 Å². The Labute approximate surface area is 151 Å². The average Bonchev–Trinajstić information content (AvgIpc) is 2.33. The molecule has 0 radical (unpaired) electrons. The quantitative estimate of drug-likeness (QED) is 0.228. The van der Waals surface area contributed by atoms with Crippen LogP contribution in [-0.2, 0) is 22.5 Å². The zero-order valence-corrected chi connectivity index (χ0v) is 19.9. The summed E-state index contributed by atoms with van der Waals surface area (Å²) in [4.78, 5) is 11.4. The number of hydrogen-bond acceptors (Lipinski definition) is 5. The SMILES string of the molecule is C=C(C)C(=O)OCCOC(CC)[Si](C)(O[Si](C)(C)C)O[Si](C)(C)C. The fourth-order valence-corrected chi connectivity index (χ4v) is 14.9. The lowest BCUT2D eigenvalue weighted by Gasteiger charge is -2.42. The summed E-state index contributed by atoms with van der Waals surface area (Å²) < 4.78 is 24.2. The molecular formula is C16H36O5Si3. The highest BCUT2D eigenvalue weighted by molar-refractivity contribution is 6.88. The van der Waals surface area contributed by atoms with Crippen molar-refractivity contribution in [1.82, 2.24) is 0 Å². The van der Waals surface area contributed by atoms with E-state index in [0.717, 1.165) is 6.42 Å². The molecule has 0 bridgehead atoms. The Morgan fingerprint density at radius 1 is 0.958 bits per heavy atom. The molecule has 0 amide bonds. The Bertz CT molecular complexity index is 410. The first-order valence-electron chi connectivity index (χ1n) is 8.55. The lowest BCUT2D eigenvalue weighted by Crippen LogP contribution is -2.60. The third-order valence-electron chi connectivity index (χ3n) is 2.96. The zero-order chi connectivity index (χ0) is 19.2. The van der Waals surface area contributed by atoms with E-state index in [1.165, 1.54) is 0 Å². The van der Waals surface area contributed by atoms with Crippen LogP contribution in [0.4, 0.5) is 0 Å². The van der Waals surface area contributed by atoms with Crippen molar-refractivity contribution >= 4 is 31.2 Å². The Hall–Kier alpha value is -0.259. The van der Waals surface area contributed by atoms with E-state index < -0.39 is 25.2 Å². The maximum atomic E-state index is 11.4. The van der Waals surface area contributed by atoms with Gasteiger partial charge in [0, 0.05) is 5.57 Å². The van der Waals surface area contributed by atoms with Crippen LogP contribution < -0.4 is 0 Å². The first-order valence-corrected chi connectivity index (χ1v) is 17.8. The van der Waals surface area contributed by atoms with Crippen molar-refractivity contribution in [2.75, 3.05) is 13.2 Å². The van der Waals surface area contributed by atoms with Crippen LogP contribution in [0.5, 0.6) is 0 Å². The first-order chi connectivity index (χ1) is 10.7. The molecule has 0 spiro atoms. The standard InChI is InChI=1S/C16H36O5Si3/c1-11-15(18-12-13-19-16(17)14(2)3)24(10,20-22(4,5)6)21-23(7,8)9/h15H,2,11-13H2,1,3-10H3.